The van der Waals surface area contributed by atoms with Crippen molar-refractivity contribution in [1.82, 2.24) is 30.7 Å². The molecule has 0 unspecified atom stereocenters. The lowest BCUT2D eigenvalue weighted by atomic mass is 9.85. The van der Waals surface area contributed by atoms with Crippen molar-refractivity contribution in [2.24, 2.45) is 5.41 Å². The molecular formula is C41H66N6O10S. The zero-order chi connectivity index (χ0) is 41.6. The summed E-state index contributed by atoms with van der Waals surface area (Å²) in [6, 6.07) is 6.13. The first-order valence-electron chi connectivity index (χ1n) is 20.5. The zero-order valence-corrected chi connectivity index (χ0v) is 35.7. The van der Waals surface area contributed by atoms with Crippen LogP contribution >= 0.6 is 11.3 Å². The first-order chi connectivity index (χ1) is 28.0. The van der Waals surface area contributed by atoms with Crippen molar-refractivity contribution in [2.75, 3.05) is 119 Å². The van der Waals surface area contributed by atoms with Gasteiger partial charge in [-0.25, -0.2) is 4.98 Å². The number of hydrogen-bond acceptors (Lipinski definition) is 14. The molecule has 3 amide bonds. The summed E-state index contributed by atoms with van der Waals surface area (Å²) in [5, 5.41) is 19.6. The Morgan fingerprint density at radius 2 is 1.41 bits per heavy atom. The summed E-state index contributed by atoms with van der Waals surface area (Å²) < 4.78 is 33.3. The molecule has 3 atom stereocenters. The number of amides is 3. The number of piperazine rings is 1. The second-order valence-electron chi connectivity index (χ2n) is 15.5. The van der Waals surface area contributed by atoms with Crippen LogP contribution in [0.3, 0.4) is 0 Å². The second kappa shape index (κ2) is 26.2. The monoisotopic (exact) mass is 834 g/mol. The highest BCUT2D eigenvalue weighted by Gasteiger charge is 2.44. The molecule has 4 N–H and O–H groups in total. The molecule has 2 fully saturated rings. The van der Waals surface area contributed by atoms with Gasteiger partial charge in [-0.05, 0) is 23.5 Å². The molecule has 3 heterocycles. The van der Waals surface area contributed by atoms with E-state index in [0.29, 0.717) is 66.1 Å². The third-order valence-electron chi connectivity index (χ3n) is 9.81. The number of nitrogens with one attached hydrogen (secondary N) is 3. The molecule has 17 heteroatoms. The van der Waals surface area contributed by atoms with Crippen LogP contribution in [0.1, 0.15) is 44.9 Å². The number of benzene rings is 1. The highest BCUT2D eigenvalue weighted by molar-refractivity contribution is 7.13. The smallest absolute Gasteiger partial charge is 0.246 e. The van der Waals surface area contributed by atoms with E-state index in [-0.39, 0.29) is 44.4 Å². The number of rotatable bonds is 27. The molecule has 0 radical (unpaired) electrons. The minimum absolute atomic E-state index is 0.00825. The number of aromatic nitrogens is 1. The van der Waals surface area contributed by atoms with Crippen LogP contribution in [0.15, 0.2) is 29.8 Å². The van der Waals surface area contributed by atoms with E-state index in [2.05, 4.69) is 25.8 Å². The molecule has 0 aliphatic carbocycles. The molecule has 1 aromatic heterocycles. The fraction of sp³-hybridized carbons (Fsp3) is 0.707. The molecular weight excluding hydrogens is 769 g/mol. The van der Waals surface area contributed by atoms with E-state index in [4.69, 9.17) is 28.4 Å². The standard InChI is InChI=1S/C41H66N6O10S/c1-31-37(58-30-44-31)33-7-5-32(6-8-33)28-43-39(50)35-27-34(48)29-47(35)40(51)38(41(2,3)4)45-36(49)9-15-52-17-19-54-21-23-56-25-26-57-24-22-55-20-18-53-16-14-46-12-10-42-11-13-46/h5-8,30,34-35,38,42,48H,9-29H2,1-4H3,(H,43,50)(H,45,49)/t34-,35+,38-/m1/s1. The average Bonchev–Trinajstić information content (AvgIpc) is 3.83. The van der Waals surface area contributed by atoms with Gasteiger partial charge in [0, 0.05) is 58.7 Å². The molecule has 2 aliphatic heterocycles. The third kappa shape index (κ3) is 17.2. The number of β-amino-alcohol motifs (C(OH)–C–C–N with tert-alkyl or cyclic N) is 1. The van der Waals surface area contributed by atoms with E-state index in [1.807, 2.05) is 57.5 Å². The maximum absolute atomic E-state index is 13.9. The molecule has 58 heavy (non-hydrogen) atoms. The van der Waals surface area contributed by atoms with E-state index in [9.17, 15) is 19.5 Å². The summed E-state index contributed by atoms with van der Waals surface area (Å²) >= 11 is 1.58. The van der Waals surface area contributed by atoms with Gasteiger partial charge in [0.2, 0.25) is 17.7 Å². The summed E-state index contributed by atoms with van der Waals surface area (Å²) in [6.45, 7) is 18.4. The molecule has 0 spiro atoms. The lowest BCUT2D eigenvalue weighted by Gasteiger charge is -2.35. The number of carbonyl (C=O) groups excluding carboxylic acids is 3. The lowest BCUT2D eigenvalue weighted by molar-refractivity contribution is -0.144. The van der Waals surface area contributed by atoms with E-state index >= 15 is 0 Å². The average molecular weight is 835 g/mol. The van der Waals surface area contributed by atoms with Crippen molar-refractivity contribution in [2.45, 2.75) is 65.3 Å². The quantitative estimate of drug-likeness (QED) is 0.0955. The third-order valence-corrected chi connectivity index (χ3v) is 10.8. The van der Waals surface area contributed by atoms with Crippen LogP contribution < -0.4 is 16.0 Å². The highest BCUT2D eigenvalue weighted by Crippen LogP contribution is 2.28. The Kier molecular flexibility index (Phi) is 21.5. The van der Waals surface area contributed by atoms with Crippen LogP contribution in [0.25, 0.3) is 10.4 Å². The number of aliphatic hydroxyl groups excluding tert-OH is 1. The van der Waals surface area contributed by atoms with Crippen molar-refractivity contribution < 1.29 is 47.9 Å². The van der Waals surface area contributed by atoms with Crippen LogP contribution in [-0.4, -0.2) is 174 Å². The molecule has 2 aliphatic rings. The van der Waals surface area contributed by atoms with E-state index in [1.165, 1.54) is 4.90 Å². The Balaban J connectivity index is 1.01. The topological polar surface area (TPSA) is 182 Å². The maximum atomic E-state index is 13.9. The molecule has 16 nitrogen and oxygen atoms in total. The van der Waals surface area contributed by atoms with Gasteiger partial charge < -0.3 is 54.4 Å². The largest absolute Gasteiger partial charge is 0.391 e. The van der Waals surface area contributed by atoms with Gasteiger partial charge in [0.15, 0.2) is 0 Å². The van der Waals surface area contributed by atoms with Gasteiger partial charge in [0.25, 0.3) is 0 Å². The SMILES string of the molecule is Cc1ncsc1-c1ccc(CNC(=O)[C@@H]2C[C@@H](O)CN2C(=O)[C@@H](NC(=O)CCOCCOCCOCCOCCOCCOCCN2CCNCC2)C(C)(C)C)cc1. The van der Waals surface area contributed by atoms with Crippen LogP contribution in [0.4, 0.5) is 0 Å². The Labute approximate surface area is 347 Å². The minimum atomic E-state index is -0.909. The molecule has 0 saturated carbocycles. The molecule has 1 aromatic carbocycles. The highest BCUT2D eigenvalue weighted by atomic mass is 32.1. The van der Waals surface area contributed by atoms with E-state index < -0.39 is 29.5 Å². The van der Waals surface area contributed by atoms with Crippen molar-refractivity contribution in [3.05, 3.63) is 41.0 Å². The zero-order valence-electron chi connectivity index (χ0n) is 34.8. The van der Waals surface area contributed by atoms with Crippen molar-refractivity contribution in [3.63, 3.8) is 0 Å². The van der Waals surface area contributed by atoms with Gasteiger partial charge in [-0.1, -0.05) is 45.0 Å². The predicted octanol–water partition coefficient (Wildman–Crippen LogP) is 1.62. The van der Waals surface area contributed by atoms with Crippen molar-refractivity contribution >= 4 is 29.1 Å². The Morgan fingerprint density at radius 1 is 0.862 bits per heavy atom. The molecule has 4 rings (SSSR count). The minimum Gasteiger partial charge on any atom is -0.391 e. The summed E-state index contributed by atoms with van der Waals surface area (Å²) in [4.78, 5) is 49.3. The Morgan fingerprint density at radius 3 is 1.95 bits per heavy atom. The van der Waals surface area contributed by atoms with Crippen LogP contribution in [-0.2, 0) is 49.3 Å². The fourth-order valence-electron chi connectivity index (χ4n) is 6.51. The molecule has 326 valence electrons. The van der Waals surface area contributed by atoms with E-state index in [0.717, 1.165) is 61.0 Å². The van der Waals surface area contributed by atoms with Gasteiger partial charge in [0.05, 0.1) is 101 Å². The molecule has 2 aromatic rings. The number of aryl methyl sites for hydroxylation is 1. The predicted molar refractivity (Wildman–Crippen MR) is 220 cm³/mol. The number of likely N-dealkylation sites (tertiary alicyclic amines) is 1. The van der Waals surface area contributed by atoms with Gasteiger partial charge >= 0.3 is 0 Å². The fourth-order valence-corrected chi connectivity index (χ4v) is 7.32. The van der Waals surface area contributed by atoms with Gasteiger partial charge in [-0.2, -0.15) is 0 Å². The summed E-state index contributed by atoms with van der Waals surface area (Å²) in [7, 11) is 0. The van der Waals surface area contributed by atoms with Crippen LogP contribution in [0.5, 0.6) is 0 Å². The van der Waals surface area contributed by atoms with Crippen LogP contribution in [0, 0.1) is 12.3 Å². The number of hydrogen-bond donors (Lipinski definition) is 4. The number of thiazole rings is 1. The van der Waals surface area contributed by atoms with Gasteiger partial charge in [-0.15, -0.1) is 11.3 Å². The summed E-state index contributed by atoms with van der Waals surface area (Å²) in [5.41, 5.74) is 4.10. The lowest BCUT2D eigenvalue weighted by Crippen LogP contribution is -2.57. The first kappa shape index (κ1) is 47.6. The Hall–Kier alpha value is -3.10. The number of ether oxygens (including phenoxy) is 6. The van der Waals surface area contributed by atoms with Crippen molar-refractivity contribution in [1.29, 1.82) is 0 Å². The number of carbonyl (C=O) groups is 3. The van der Waals surface area contributed by atoms with Gasteiger partial charge in [-0.3, -0.25) is 19.3 Å². The van der Waals surface area contributed by atoms with Gasteiger partial charge in [0.1, 0.15) is 12.1 Å². The molecule has 0 bridgehead atoms. The second-order valence-corrected chi connectivity index (χ2v) is 16.3. The van der Waals surface area contributed by atoms with Crippen molar-refractivity contribution in [3.8, 4) is 10.4 Å². The molecule has 2 saturated heterocycles. The normalized spacial score (nSPS) is 18.1. The van der Waals surface area contributed by atoms with Crippen LogP contribution in [0.2, 0.25) is 0 Å². The van der Waals surface area contributed by atoms with E-state index in [1.54, 1.807) is 11.3 Å². The summed E-state index contributed by atoms with van der Waals surface area (Å²) in [6.07, 6.45) is -0.682. The maximum Gasteiger partial charge on any atom is 0.246 e. The Bertz CT molecular complexity index is 1490. The first-order valence-corrected chi connectivity index (χ1v) is 21.4. The number of nitrogens with zero attached hydrogens (tertiary/aromatic N) is 3. The summed E-state index contributed by atoms with van der Waals surface area (Å²) in [5.74, 6) is -1.11. The number of aliphatic hydroxyl groups is 1.